The lowest BCUT2D eigenvalue weighted by Gasteiger charge is -2.19. The molecule has 6 rings (SSSR count). The number of pyridine rings is 1. The van der Waals surface area contributed by atoms with Crippen LogP contribution in [0.3, 0.4) is 0 Å². The maximum atomic E-state index is 13.3. The average molecular weight is 528 g/mol. The molecule has 3 aromatic rings. The number of aromatic nitrogens is 1. The van der Waals surface area contributed by atoms with Crippen LogP contribution in [-0.2, 0) is 23.9 Å². The van der Waals surface area contributed by atoms with Gasteiger partial charge in [-0.05, 0) is 48.4 Å². The van der Waals surface area contributed by atoms with E-state index in [0.29, 0.717) is 42.0 Å². The zero-order chi connectivity index (χ0) is 26.6. The summed E-state index contributed by atoms with van der Waals surface area (Å²) in [7, 11) is 0. The number of ether oxygens (including phenoxy) is 2. The summed E-state index contributed by atoms with van der Waals surface area (Å²) < 4.78 is 64.9. The van der Waals surface area contributed by atoms with E-state index in [9.17, 15) is 27.2 Å². The molecule has 0 unspecified atom stereocenters. The van der Waals surface area contributed by atoms with E-state index in [4.69, 9.17) is 9.47 Å². The first-order valence-corrected chi connectivity index (χ1v) is 11.8. The van der Waals surface area contributed by atoms with Gasteiger partial charge >= 0.3 is 12.2 Å². The maximum absolute atomic E-state index is 13.3. The second kappa shape index (κ2) is 8.89. The predicted molar refractivity (Wildman–Crippen MR) is 125 cm³/mol. The Balaban J connectivity index is 1.10. The van der Waals surface area contributed by atoms with Crippen molar-refractivity contribution in [2.24, 2.45) is 0 Å². The third-order valence-corrected chi connectivity index (χ3v) is 6.77. The minimum Gasteiger partial charge on any atom is -0.487 e. The molecule has 3 amide bonds. The average Bonchev–Trinajstić information content (AvgIpc) is 3.38. The lowest BCUT2D eigenvalue weighted by atomic mass is 10.1. The van der Waals surface area contributed by atoms with E-state index >= 15 is 0 Å². The number of hydrogen-bond acceptors (Lipinski definition) is 5. The number of urea groups is 1. The second-order valence-electron chi connectivity index (χ2n) is 9.25. The van der Waals surface area contributed by atoms with Crippen molar-refractivity contribution in [3.8, 4) is 17.2 Å². The highest BCUT2D eigenvalue weighted by molar-refractivity contribution is 5.93. The normalized spacial score (nSPS) is 20.8. The molecule has 3 N–H and O–H groups in total. The first-order valence-electron chi connectivity index (χ1n) is 11.8. The molecule has 3 atom stereocenters. The van der Waals surface area contributed by atoms with E-state index in [1.807, 2.05) is 6.07 Å². The van der Waals surface area contributed by atoms with E-state index in [0.717, 1.165) is 23.3 Å². The fourth-order valence-electron chi connectivity index (χ4n) is 4.90. The topological polar surface area (TPSA) is 102 Å². The summed E-state index contributed by atoms with van der Waals surface area (Å²) in [6, 6.07) is 8.37. The first-order chi connectivity index (χ1) is 18.2. The summed E-state index contributed by atoms with van der Waals surface area (Å²) in [4.78, 5) is 28.3. The third kappa shape index (κ3) is 4.46. The molecule has 0 radical (unpaired) electrons. The van der Waals surface area contributed by atoms with Crippen molar-refractivity contribution in [1.82, 2.24) is 15.6 Å². The Morgan fingerprint density at radius 2 is 2.00 bits per heavy atom. The number of hydrogen-bond donors (Lipinski definition) is 3. The van der Waals surface area contributed by atoms with Crippen LogP contribution in [0.5, 0.6) is 17.2 Å². The van der Waals surface area contributed by atoms with Crippen molar-refractivity contribution in [2.75, 3.05) is 5.32 Å². The number of alkyl halides is 3. The number of benzene rings is 2. The number of rotatable bonds is 5. The zero-order valence-electron chi connectivity index (χ0n) is 19.6. The van der Waals surface area contributed by atoms with Gasteiger partial charge in [-0.2, -0.15) is 13.2 Å². The molecule has 196 valence electrons. The van der Waals surface area contributed by atoms with Crippen LogP contribution in [0.2, 0.25) is 0 Å². The van der Waals surface area contributed by atoms with Crippen molar-refractivity contribution in [1.29, 1.82) is 0 Å². The fourth-order valence-corrected chi connectivity index (χ4v) is 4.90. The van der Waals surface area contributed by atoms with Gasteiger partial charge < -0.3 is 25.4 Å². The molecule has 0 bridgehead atoms. The lowest BCUT2D eigenvalue weighted by Crippen LogP contribution is -2.39. The van der Waals surface area contributed by atoms with Gasteiger partial charge in [0.2, 0.25) is 5.91 Å². The van der Waals surface area contributed by atoms with Crippen LogP contribution >= 0.6 is 0 Å². The molecule has 1 fully saturated rings. The standard InChI is InChI=1S/C26H20F4N4O4/c27-13-2-1-12(17(9-13)26(28,29)30)11-32-25(36)34-22-21-16-10-14(3-5-18(16)38-23(21)22)37-19-7-8-31-24-15(19)4-6-20(35)33-24/h1-3,5,7-10,21-23H,4,6,11H2,(H,31,33,35)(H2,32,34,36)/t21-,22+,23-/m0/s1. The molecule has 8 nitrogen and oxygen atoms in total. The Bertz CT molecular complexity index is 1460. The van der Waals surface area contributed by atoms with Crippen LogP contribution < -0.4 is 25.4 Å². The molecule has 38 heavy (non-hydrogen) atoms. The van der Waals surface area contributed by atoms with Crippen molar-refractivity contribution in [3.05, 3.63) is 76.7 Å². The number of nitrogens with one attached hydrogen (secondary N) is 3. The Labute approximate surface area is 213 Å². The van der Waals surface area contributed by atoms with Crippen LogP contribution in [0, 0.1) is 5.82 Å². The van der Waals surface area contributed by atoms with Crippen LogP contribution in [0.4, 0.5) is 28.2 Å². The highest BCUT2D eigenvalue weighted by Crippen LogP contribution is 2.54. The predicted octanol–water partition coefficient (Wildman–Crippen LogP) is 4.64. The molecule has 0 saturated heterocycles. The SMILES string of the molecule is O=C1CCc2c(Oc3ccc4c(c3)[C@H]3[C@@H](NC(=O)NCc5ccc(F)cc5C(F)(F)F)[C@H]3O4)ccnc2N1. The van der Waals surface area contributed by atoms with E-state index < -0.39 is 30.1 Å². The Hall–Kier alpha value is -4.35. The lowest BCUT2D eigenvalue weighted by molar-refractivity contribution is -0.138. The highest BCUT2D eigenvalue weighted by Gasteiger charge is 2.59. The van der Waals surface area contributed by atoms with Gasteiger partial charge in [0, 0.05) is 30.3 Å². The zero-order valence-corrected chi connectivity index (χ0v) is 19.6. The van der Waals surface area contributed by atoms with Crippen molar-refractivity contribution < 1.29 is 36.6 Å². The smallest absolute Gasteiger partial charge is 0.416 e. The number of fused-ring (bicyclic) bond motifs is 4. The highest BCUT2D eigenvalue weighted by atomic mass is 19.4. The third-order valence-electron chi connectivity index (χ3n) is 6.77. The Morgan fingerprint density at radius 3 is 2.82 bits per heavy atom. The summed E-state index contributed by atoms with van der Waals surface area (Å²) in [6.07, 6.45) is -2.65. The van der Waals surface area contributed by atoms with Gasteiger partial charge in [-0.25, -0.2) is 14.2 Å². The van der Waals surface area contributed by atoms with Crippen molar-refractivity contribution in [2.45, 2.75) is 43.6 Å². The number of nitrogens with zero attached hydrogens (tertiary/aromatic N) is 1. The summed E-state index contributed by atoms with van der Waals surface area (Å²) in [5.41, 5.74) is 0.265. The van der Waals surface area contributed by atoms with Gasteiger partial charge in [0.25, 0.3) is 0 Å². The maximum Gasteiger partial charge on any atom is 0.416 e. The van der Waals surface area contributed by atoms with Crippen molar-refractivity contribution in [3.63, 3.8) is 0 Å². The first kappa shape index (κ1) is 24.0. The second-order valence-corrected chi connectivity index (χ2v) is 9.25. The number of amides is 3. The molecule has 0 spiro atoms. The number of anilines is 1. The number of carbonyl (C=O) groups excluding carboxylic acids is 2. The minimum absolute atomic E-state index is 0.0994. The number of halogens is 4. The van der Waals surface area contributed by atoms with E-state index in [2.05, 4.69) is 20.9 Å². The van der Waals surface area contributed by atoms with Crippen LogP contribution in [-0.4, -0.2) is 29.1 Å². The molecule has 1 aliphatic carbocycles. The van der Waals surface area contributed by atoms with Crippen molar-refractivity contribution >= 4 is 17.8 Å². The summed E-state index contributed by atoms with van der Waals surface area (Å²) in [5, 5.41) is 7.86. The monoisotopic (exact) mass is 528 g/mol. The molecule has 2 aromatic carbocycles. The van der Waals surface area contributed by atoms with Gasteiger partial charge in [0.1, 0.15) is 35.0 Å². The summed E-state index contributed by atoms with van der Waals surface area (Å²) in [6.45, 7) is -0.421. The van der Waals surface area contributed by atoms with Gasteiger partial charge in [-0.15, -0.1) is 0 Å². The Morgan fingerprint density at radius 1 is 1.16 bits per heavy atom. The quantitative estimate of drug-likeness (QED) is 0.419. The van der Waals surface area contributed by atoms with Crippen LogP contribution in [0.25, 0.3) is 0 Å². The summed E-state index contributed by atoms with van der Waals surface area (Å²) in [5.74, 6) is 1.02. The molecule has 2 aliphatic heterocycles. The molecule has 12 heteroatoms. The molecule has 3 aliphatic rings. The molecule has 1 aromatic heterocycles. The van der Waals surface area contributed by atoms with Crippen LogP contribution in [0.15, 0.2) is 48.7 Å². The Kier molecular flexibility index (Phi) is 5.62. The van der Waals surface area contributed by atoms with Gasteiger partial charge in [-0.1, -0.05) is 6.07 Å². The molecule has 1 saturated carbocycles. The molecular weight excluding hydrogens is 508 g/mol. The minimum atomic E-state index is -4.75. The van der Waals surface area contributed by atoms with E-state index in [1.54, 1.807) is 24.4 Å². The molecule has 3 heterocycles. The van der Waals surface area contributed by atoms with Gasteiger partial charge in [-0.3, -0.25) is 4.79 Å². The summed E-state index contributed by atoms with van der Waals surface area (Å²) >= 11 is 0. The number of carbonyl (C=O) groups is 2. The fraction of sp³-hybridized carbons (Fsp3) is 0.269. The van der Waals surface area contributed by atoms with E-state index in [-0.39, 0.29) is 29.5 Å². The van der Waals surface area contributed by atoms with Gasteiger partial charge in [0.05, 0.1) is 17.5 Å². The van der Waals surface area contributed by atoms with Crippen LogP contribution in [0.1, 0.15) is 34.6 Å². The van der Waals surface area contributed by atoms with E-state index in [1.165, 1.54) is 0 Å². The van der Waals surface area contributed by atoms with Gasteiger partial charge in [0.15, 0.2) is 0 Å². The molecular formula is C26H20F4N4O4. The largest absolute Gasteiger partial charge is 0.487 e.